The lowest BCUT2D eigenvalue weighted by molar-refractivity contribution is 0.171. The number of anilines is 1. The van der Waals surface area contributed by atoms with Gasteiger partial charge in [-0.1, -0.05) is 13.3 Å². The number of nitrogen functional groups attached to an aromatic ring is 1. The van der Waals surface area contributed by atoms with Gasteiger partial charge in [-0.15, -0.1) is 0 Å². The minimum Gasteiger partial charge on any atom is -0.383 e. The van der Waals surface area contributed by atoms with Crippen LogP contribution in [0.15, 0.2) is 23.2 Å². The van der Waals surface area contributed by atoms with Gasteiger partial charge in [0.15, 0.2) is 0 Å². The monoisotopic (exact) mass is 273 g/mol. The van der Waals surface area contributed by atoms with Crippen molar-refractivity contribution in [2.45, 2.75) is 30.7 Å². The van der Waals surface area contributed by atoms with Gasteiger partial charge in [0.1, 0.15) is 10.7 Å². The Morgan fingerprint density at radius 3 is 2.83 bits per heavy atom. The van der Waals surface area contributed by atoms with Crippen molar-refractivity contribution in [2.75, 3.05) is 19.5 Å². The van der Waals surface area contributed by atoms with E-state index in [1.165, 1.54) is 25.4 Å². The van der Waals surface area contributed by atoms with Crippen LogP contribution in [0.25, 0.3) is 0 Å². The Morgan fingerprint density at radius 2 is 2.28 bits per heavy atom. The zero-order valence-corrected chi connectivity index (χ0v) is 11.4. The van der Waals surface area contributed by atoms with Gasteiger partial charge in [-0.2, -0.15) is 0 Å². The highest BCUT2D eigenvalue weighted by atomic mass is 32.2. The Balaban J connectivity index is 2.90. The molecule has 1 heterocycles. The van der Waals surface area contributed by atoms with Crippen LogP contribution in [0.5, 0.6) is 0 Å². The molecule has 0 aromatic carbocycles. The summed E-state index contributed by atoms with van der Waals surface area (Å²) in [5, 5.41) is 0. The Labute approximate surface area is 108 Å². The standard InChI is InChI=1S/C11H19N3O3S/c1-3-5-9(8-17-2)14-18(15,16)10-6-4-7-13-11(10)12/h4,6-7,9,14H,3,5,8H2,1-2H3,(H2,12,13). The molecule has 0 fully saturated rings. The van der Waals surface area contributed by atoms with Gasteiger partial charge in [-0.3, -0.25) is 0 Å². The number of hydrogen-bond donors (Lipinski definition) is 2. The molecule has 1 rings (SSSR count). The summed E-state index contributed by atoms with van der Waals surface area (Å²) in [6.45, 7) is 2.31. The third-order valence-electron chi connectivity index (χ3n) is 2.42. The van der Waals surface area contributed by atoms with E-state index in [1.807, 2.05) is 6.92 Å². The minimum atomic E-state index is -3.65. The lowest BCUT2D eigenvalue weighted by atomic mass is 10.2. The average molecular weight is 273 g/mol. The molecular formula is C11H19N3O3S. The molecule has 0 saturated heterocycles. The molecule has 0 aliphatic rings. The molecule has 1 atom stereocenters. The van der Waals surface area contributed by atoms with E-state index in [9.17, 15) is 8.42 Å². The van der Waals surface area contributed by atoms with Gasteiger partial charge in [-0.05, 0) is 18.6 Å². The van der Waals surface area contributed by atoms with Crippen molar-refractivity contribution in [2.24, 2.45) is 0 Å². The summed E-state index contributed by atoms with van der Waals surface area (Å²) in [5.41, 5.74) is 5.57. The Morgan fingerprint density at radius 1 is 1.56 bits per heavy atom. The van der Waals surface area contributed by atoms with Crippen LogP contribution < -0.4 is 10.5 Å². The van der Waals surface area contributed by atoms with E-state index in [-0.39, 0.29) is 16.8 Å². The van der Waals surface area contributed by atoms with Crippen molar-refractivity contribution >= 4 is 15.8 Å². The third kappa shape index (κ3) is 3.94. The highest BCUT2D eigenvalue weighted by Crippen LogP contribution is 2.15. The van der Waals surface area contributed by atoms with Gasteiger partial charge < -0.3 is 10.5 Å². The van der Waals surface area contributed by atoms with Crippen LogP contribution in [0.3, 0.4) is 0 Å². The van der Waals surface area contributed by atoms with Gasteiger partial charge in [0.25, 0.3) is 0 Å². The molecule has 1 aromatic rings. The predicted molar refractivity (Wildman–Crippen MR) is 69.5 cm³/mol. The molecule has 0 bridgehead atoms. The molecule has 0 radical (unpaired) electrons. The maximum absolute atomic E-state index is 12.1. The molecule has 6 nitrogen and oxygen atoms in total. The summed E-state index contributed by atoms with van der Waals surface area (Å²) in [6.07, 6.45) is 3.01. The van der Waals surface area contributed by atoms with E-state index < -0.39 is 10.0 Å². The molecule has 0 spiro atoms. The van der Waals surface area contributed by atoms with Gasteiger partial charge in [0, 0.05) is 19.3 Å². The van der Waals surface area contributed by atoms with Crippen LogP contribution in [0.1, 0.15) is 19.8 Å². The fraction of sp³-hybridized carbons (Fsp3) is 0.545. The predicted octanol–water partition coefficient (Wildman–Crippen LogP) is 0.757. The Kier molecular flexibility index (Phi) is 5.52. The maximum Gasteiger partial charge on any atom is 0.244 e. The van der Waals surface area contributed by atoms with Crippen molar-refractivity contribution in [3.05, 3.63) is 18.3 Å². The van der Waals surface area contributed by atoms with Crippen molar-refractivity contribution in [1.82, 2.24) is 9.71 Å². The molecule has 0 saturated carbocycles. The zero-order valence-electron chi connectivity index (χ0n) is 10.6. The average Bonchev–Trinajstić information content (AvgIpc) is 2.29. The van der Waals surface area contributed by atoms with Gasteiger partial charge in [0.2, 0.25) is 10.0 Å². The number of methoxy groups -OCH3 is 1. The SMILES string of the molecule is CCCC(COC)NS(=O)(=O)c1cccnc1N. The van der Waals surface area contributed by atoms with Gasteiger partial charge >= 0.3 is 0 Å². The van der Waals surface area contributed by atoms with E-state index in [4.69, 9.17) is 10.5 Å². The largest absolute Gasteiger partial charge is 0.383 e. The highest BCUT2D eigenvalue weighted by Gasteiger charge is 2.22. The van der Waals surface area contributed by atoms with Crippen LogP contribution in [0.2, 0.25) is 0 Å². The molecule has 7 heteroatoms. The molecule has 0 aliphatic heterocycles. The van der Waals surface area contributed by atoms with Crippen LogP contribution in [0.4, 0.5) is 5.82 Å². The van der Waals surface area contributed by atoms with Crippen LogP contribution in [0, 0.1) is 0 Å². The second kappa shape index (κ2) is 6.67. The topological polar surface area (TPSA) is 94.3 Å². The summed E-state index contributed by atoms with van der Waals surface area (Å²) in [5.74, 6) is -0.00216. The number of ether oxygens (including phenoxy) is 1. The van der Waals surface area contributed by atoms with Crippen LogP contribution >= 0.6 is 0 Å². The lowest BCUT2D eigenvalue weighted by Crippen LogP contribution is -2.38. The maximum atomic E-state index is 12.1. The molecule has 3 N–H and O–H groups in total. The molecule has 0 amide bonds. The van der Waals surface area contributed by atoms with E-state index in [2.05, 4.69) is 9.71 Å². The van der Waals surface area contributed by atoms with E-state index >= 15 is 0 Å². The Bertz CT molecular complexity index is 470. The molecule has 18 heavy (non-hydrogen) atoms. The first-order valence-electron chi connectivity index (χ1n) is 5.73. The van der Waals surface area contributed by atoms with E-state index in [1.54, 1.807) is 0 Å². The number of nitrogens with one attached hydrogen (secondary N) is 1. The normalized spacial score (nSPS) is 13.4. The number of pyridine rings is 1. The molecule has 1 unspecified atom stereocenters. The second-order valence-corrected chi connectivity index (χ2v) is 5.63. The van der Waals surface area contributed by atoms with Crippen molar-refractivity contribution < 1.29 is 13.2 Å². The molecule has 1 aromatic heterocycles. The number of hydrogen-bond acceptors (Lipinski definition) is 5. The summed E-state index contributed by atoms with van der Waals surface area (Å²) in [7, 11) is -2.11. The number of nitrogens with two attached hydrogens (primary N) is 1. The first-order chi connectivity index (χ1) is 8.51. The summed E-state index contributed by atoms with van der Waals surface area (Å²) in [4.78, 5) is 3.77. The van der Waals surface area contributed by atoms with E-state index in [0.29, 0.717) is 13.0 Å². The van der Waals surface area contributed by atoms with Crippen molar-refractivity contribution in [3.8, 4) is 0 Å². The fourth-order valence-electron chi connectivity index (χ4n) is 1.64. The number of nitrogens with zero attached hydrogens (tertiary/aromatic N) is 1. The van der Waals surface area contributed by atoms with Gasteiger partial charge in [-0.25, -0.2) is 18.1 Å². The second-order valence-electron chi connectivity index (χ2n) is 3.95. The zero-order chi connectivity index (χ0) is 13.6. The summed E-state index contributed by atoms with van der Waals surface area (Å²) < 4.78 is 31.8. The highest BCUT2D eigenvalue weighted by molar-refractivity contribution is 7.89. The summed E-state index contributed by atoms with van der Waals surface area (Å²) >= 11 is 0. The van der Waals surface area contributed by atoms with Gasteiger partial charge in [0.05, 0.1) is 6.61 Å². The smallest absolute Gasteiger partial charge is 0.244 e. The van der Waals surface area contributed by atoms with Crippen molar-refractivity contribution in [3.63, 3.8) is 0 Å². The first-order valence-corrected chi connectivity index (χ1v) is 7.21. The van der Waals surface area contributed by atoms with E-state index in [0.717, 1.165) is 6.42 Å². The molecule has 102 valence electrons. The number of aromatic nitrogens is 1. The first kappa shape index (κ1) is 14.9. The number of sulfonamides is 1. The Hall–Kier alpha value is -1.18. The lowest BCUT2D eigenvalue weighted by Gasteiger charge is -2.17. The molecule has 0 aliphatic carbocycles. The quantitative estimate of drug-likeness (QED) is 0.764. The fourth-order valence-corrected chi connectivity index (χ4v) is 2.98. The molecular weight excluding hydrogens is 254 g/mol. The summed E-state index contributed by atoms with van der Waals surface area (Å²) in [6, 6.07) is 2.71. The third-order valence-corrected chi connectivity index (χ3v) is 3.98. The van der Waals surface area contributed by atoms with Crippen molar-refractivity contribution in [1.29, 1.82) is 0 Å². The van der Waals surface area contributed by atoms with Crippen LogP contribution in [-0.2, 0) is 14.8 Å². The number of rotatable bonds is 7. The van der Waals surface area contributed by atoms with Crippen LogP contribution in [-0.4, -0.2) is 33.2 Å². The minimum absolute atomic E-state index is 0.00204.